The van der Waals surface area contributed by atoms with Crippen LogP contribution < -0.4 is 0 Å². The van der Waals surface area contributed by atoms with Gasteiger partial charge in [0, 0.05) is 18.9 Å². The summed E-state index contributed by atoms with van der Waals surface area (Å²) in [6, 6.07) is 0. The Morgan fingerprint density at radius 2 is 1.79 bits per heavy atom. The first-order chi connectivity index (χ1) is 6.78. The molecule has 0 radical (unpaired) electrons. The van der Waals surface area contributed by atoms with Crippen molar-refractivity contribution in [3.63, 3.8) is 0 Å². The lowest BCUT2D eigenvalue weighted by Gasteiger charge is -2.38. The average molecular weight is 278 g/mol. The Balaban J connectivity index is 2.67. The van der Waals surface area contributed by atoms with Crippen LogP contribution in [0.4, 0.5) is 0 Å². The van der Waals surface area contributed by atoms with Gasteiger partial charge in [-0.15, -0.1) is 0 Å². The summed E-state index contributed by atoms with van der Waals surface area (Å²) < 4.78 is 25.1. The fraction of sp³-hybridized carbons (Fsp3) is 1.00. The van der Waals surface area contributed by atoms with E-state index in [9.17, 15) is 0 Å². The highest BCUT2D eigenvalue weighted by Gasteiger charge is 2.42. The zero-order valence-electron chi connectivity index (χ0n) is 7.11. The van der Waals surface area contributed by atoms with Gasteiger partial charge in [0.25, 0.3) is 0 Å². The number of hydrogen-bond acceptors (Lipinski definition) is 7. The maximum absolute atomic E-state index is 5.27. The van der Waals surface area contributed by atoms with Crippen molar-refractivity contribution in [3.05, 3.63) is 0 Å². The van der Waals surface area contributed by atoms with Crippen molar-refractivity contribution in [3.8, 4) is 0 Å². The molecule has 1 saturated heterocycles. The molecule has 9 heteroatoms. The molecule has 1 fully saturated rings. The molecule has 1 aliphatic heterocycles. The Hall–Kier alpha value is 1.36. The van der Waals surface area contributed by atoms with Gasteiger partial charge in [-0.3, -0.25) is 4.18 Å². The van der Waals surface area contributed by atoms with Gasteiger partial charge in [0.2, 0.25) is 0 Å². The highest BCUT2D eigenvalue weighted by molar-refractivity contribution is 7.75. The molecule has 0 aromatic heterocycles. The maximum atomic E-state index is 5.27. The van der Waals surface area contributed by atoms with E-state index in [0.29, 0.717) is 6.61 Å². The van der Waals surface area contributed by atoms with Crippen LogP contribution in [0.3, 0.4) is 0 Å². The second kappa shape index (κ2) is 6.84. The molecule has 0 saturated carbocycles. The van der Waals surface area contributed by atoms with E-state index < -0.39 is 12.4 Å². The Labute approximate surface area is 98.3 Å². The van der Waals surface area contributed by atoms with Crippen molar-refractivity contribution in [2.75, 3.05) is 6.61 Å². The summed E-state index contributed by atoms with van der Waals surface area (Å²) in [5.74, 6) is 0. The van der Waals surface area contributed by atoms with Crippen molar-refractivity contribution in [2.24, 2.45) is 0 Å². The lowest BCUT2D eigenvalue weighted by Crippen LogP contribution is -2.53. The van der Waals surface area contributed by atoms with Crippen LogP contribution in [0.1, 0.15) is 0 Å². The van der Waals surface area contributed by atoms with E-state index in [4.69, 9.17) is 22.2 Å². The highest BCUT2D eigenvalue weighted by atomic mass is 32.1. The summed E-state index contributed by atoms with van der Waals surface area (Å²) in [5.41, 5.74) is 0. The van der Waals surface area contributed by atoms with Crippen LogP contribution >= 0.6 is 44.8 Å². The number of hydrogen-bond donors (Lipinski definition) is 2. The number of rotatable bonds is 4. The van der Waals surface area contributed by atoms with Crippen molar-refractivity contribution in [2.45, 2.75) is 24.6 Å². The van der Waals surface area contributed by atoms with Gasteiger partial charge in [-0.05, 0) is 25.8 Å². The molecular formula is C5H12O5P2S2. The topological polar surface area (TPSA) is 46.2 Å². The minimum Gasteiger partial charge on any atom is -0.357 e. The second-order valence-electron chi connectivity index (χ2n) is 2.65. The van der Waals surface area contributed by atoms with Gasteiger partial charge in [0.05, 0.1) is 6.61 Å². The predicted octanol–water partition coefficient (Wildman–Crippen LogP) is 0.785. The Bertz CT molecular complexity index is 158. The van der Waals surface area contributed by atoms with E-state index in [0.717, 1.165) is 0 Å². The zero-order valence-corrected chi connectivity index (χ0v) is 11.2. The van der Waals surface area contributed by atoms with E-state index in [1.54, 1.807) is 0 Å². The molecular weight excluding hydrogens is 266 g/mol. The van der Waals surface area contributed by atoms with Gasteiger partial charge >= 0.3 is 0 Å². The van der Waals surface area contributed by atoms with E-state index in [1.165, 1.54) is 0 Å². The number of thiol groups is 2. The summed E-state index contributed by atoms with van der Waals surface area (Å²) in [5, 5.41) is 0. The van der Waals surface area contributed by atoms with Crippen molar-refractivity contribution < 1.29 is 22.2 Å². The van der Waals surface area contributed by atoms with Gasteiger partial charge in [-0.2, -0.15) is 0 Å². The molecule has 1 heterocycles. The van der Waals surface area contributed by atoms with E-state index in [2.05, 4.69) is 44.8 Å². The Morgan fingerprint density at radius 3 is 2.21 bits per heavy atom. The van der Waals surface area contributed by atoms with Crippen molar-refractivity contribution in [1.82, 2.24) is 0 Å². The second-order valence-corrected chi connectivity index (χ2v) is 3.62. The summed E-state index contributed by atoms with van der Waals surface area (Å²) in [6.07, 6.45) is -1.74. The van der Waals surface area contributed by atoms with Crippen molar-refractivity contribution in [1.29, 1.82) is 0 Å². The summed E-state index contributed by atoms with van der Waals surface area (Å²) >= 11 is 7.39. The average Bonchev–Trinajstić information content (AvgIpc) is 2.26. The molecule has 0 aromatic carbocycles. The molecule has 1 aliphatic rings. The van der Waals surface area contributed by atoms with Crippen LogP contribution in [-0.4, -0.2) is 31.2 Å². The minimum absolute atomic E-state index is 0.255. The standard InChI is InChI=1S/C5H12O5P2S2/c11-7-2-1-6-5(10-14)4(9-13)3(2)8-12/h2-5,13-14H,1,11-12H2/t2-,3-,4?,5?/m1/s1. The molecule has 1 rings (SSSR count). The fourth-order valence-electron chi connectivity index (χ4n) is 1.23. The molecule has 0 amide bonds. The largest absolute Gasteiger partial charge is 0.357 e. The van der Waals surface area contributed by atoms with Crippen LogP contribution in [0.5, 0.6) is 0 Å². The molecule has 0 bridgehead atoms. The maximum Gasteiger partial charge on any atom is 0.200 e. The molecule has 14 heavy (non-hydrogen) atoms. The number of ether oxygens (including phenoxy) is 1. The Morgan fingerprint density at radius 1 is 1.07 bits per heavy atom. The summed E-state index contributed by atoms with van der Waals surface area (Å²) in [6.45, 7) is 0.335. The fourth-order valence-corrected chi connectivity index (χ4v) is 2.19. The van der Waals surface area contributed by atoms with Gasteiger partial charge in [0.1, 0.15) is 12.2 Å². The third-order valence-corrected chi connectivity index (χ3v) is 3.06. The molecule has 0 aromatic rings. The van der Waals surface area contributed by atoms with E-state index in [-0.39, 0.29) is 12.2 Å². The van der Waals surface area contributed by atoms with Crippen LogP contribution in [0.2, 0.25) is 0 Å². The van der Waals surface area contributed by atoms with Gasteiger partial charge in [-0.25, -0.2) is 0 Å². The molecule has 4 unspecified atom stereocenters. The quantitative estimate of drug-likeness (QED) is 0.452. The van der Waals surface area contributed by atoms with Crippen LogP contribution in [0.25, 0.3) is 0 Å². The summed E-state index contributed by atoms with van der Waals surface area (Å²) in [4.78, 5) is 0. The lowest BCUT2D eigenvalue weighted by atomic mass is 10.1. The lowest BCUT2D eigenvalue weighted by molar-refractivity contribution is -0.211. The molecule has 5 nitrogen and oxygen atoms in total. The van der Waals surface area contributed by atoms with Gasteiger partial charge < -0.3 is 18.0 Å². The smallest absolute Gasteiger partial charge is 0.200 e. The molecule has 0 N–H and O–H groups in total. The zero-order chi connectivity index (χ0) is 10.6. The highest BCUT2D eigenvalue weighted by Crippen LogP contribution is 2.27. The summed E-state index contributed by atoms with van der Waals surface area (Å²) in [7, 11) is 4.30. The van der Waals surface area contributed by atoms with Crippen LogP contribution in [0.15, 0.2) is 0 Å². The first-order valence-electron chi connectivity index (χ1n) is 3.71. The molecule has 0 spiro atoms. The third-order valence-electron chi connectivity index (χ3n) is 1.94. The molecule has 6 atom stereocenters. The third kappa shape index (κ3) is 2.94. The minimum atomic E-state index is -0.627. The van der Waals surface area contributed by atoms with Crippen LogP contribution in [0, 0.1) is 0 Å². The van der Waals surface area contributed by atoms with E-state index in [1.807, 2.05) is 0 Å². The molecule has 84 valence electrons. The molecule has 0 aliphatic carbocycles. The van der Waals surface area contributed by atoms with Crippen LogP contribution in [-0.2, 0) is 22.2 Å². The van der Waals surface area contributed by atoms with Crippen molar-refractivity contribution >= 4 is 44.8 Å². The van der Waals surface area contributed by atoms with Gasteiger partial charge in [-0.1, -0.05) is 0 Å². The van der Waals surface area contributed by atoms with Gasteiger partial charge in [0.15, 0.2) is 12.4 Å². The Kier molecular flexibility index (Phi) is 6.56. The first kappa shape index (κ1) is 13.4. The predicted molar refractivity (Wildman–Crippen MR) is 62.8 cm³/mol. The van der Waals surface area contributed by atoms with E-state index >= 15 is 0 Å². The first-order valence-corrected chi connectivity index (χ1v) is 5.39. The normalized spacial score (nSPS) is 38.6. The SMILES string of the molecule is PO[C@@H]1COC(OS)C(OS)[C@@H]1OP. The monoisotopic (exact) mass is 278 g/mol.